The largest absolute Gasteiger partial charge is 0.377 e. The number of likely N-dealkylation sites (N-methyl/N-ethyl adjacent to an activating group) is 1. The lowest BCUT2D eigenvalue weighted by molar-refractivity contribution is -0.120. The lowest BCUT2D eigenvalue weighted by atomic mass is 10.0. The van der Waals surface area contributed by atoms with Crippen LogP contribution in [0.1, 0.15) is 13.3 Å². The van der Waals surface area contributed by atoms with Gasteiger partial charge in [0.05, 0.1) is 23.6 Å². The van der Waals surface area contributed by atoms with Crippen molar-refractivity contribution in [3.8, 4) is 5.13 Å². The third kappa shape index (κ3) is 4.67. The Labute approximate surface area is 219 Å². The van der Waals surface area contributed by atoms with Gasteiger partial charge in [-0.1, -0.05) is 18.3 Å². The lowest BCUT2D eigenvalue weighted by Crippen LogP contribution is -2.63. The van der Waals surface area contributed by atoms with Crippen LogP contribution >= 0.6 is 27.3 Å². The fraction of sp³-hybridized carbons (Fsp3) is 0.524. The van der Waals surface area contributed by atoms with Crippen molar-refractivity contribution in [2.24, 2.45) is 0 Å². The number of alkyl halides is 1. The Kier molecular flexibility index (Phi) is 6.89. The number of fused-ring (bicyclic) bond motifs is 1. The summed E-state index contributed by atoms with van der Waals surface area (Å²) in [5.41, 5.74) is -0.303. The number of anilines is 1. The smallest absolute Gasteiger partial charge is 0.241 e. The molecule has 4 heterocycles. The molecule has 36 heavy (non-hydrogen) atoms. The highest BCUT2D eigenvalue weighted by Crippen LogP contribution is 2.35. The first-order valence-electron chi connectivity index (χ1n) is 11.3. The number of rotatable bonds is 8. The minimum absolute atomic E-state index is 0.0378. The highest BCUT2D eigenvalue weighted by Gasteiger charge is 2.43. The molecule has 0 spiro atoms. The zero-order chi connectivity index (χ0) is 25.7. The second kappa shape index (κ2) is 9.68. The summed E-state index contributed by atoms with van der Waals surface area (Å²) in [5.74, 6) is 0.0598. The van der Waals surface area contributed by atoms with Crippen molar-refractivity contribution >= 4 is 59.7 Å². The summed E-state index contributed by atoms with van der Waals surface area (Å²) in [6.07, 6.45) is 2.12. The Morgan fingerprint density at radius 2 is 2.11 bits per heavy atom. The van der Waals surface area contributed by atoms with E-state index >= 15 is 0 Å². The van der Waals surface area contributed by atoms with E-state index in [0.717, 1.165) is 0 Å². The van der Waals surface area contributed by atoms with Gasteiger partial charge in [0.15, 0.2) is 9.70 Å². The van der Waals surface area contributed by atoms with Gasteiger partial charge in [-0.3, -0.25) is 4.79 Å². The van der Waals surface area contributed by atoms with Crippen LogP contribution in [0.25, 0.3) is 16.0 Å². The van der Waals surface area contributed by atoms with Crippen LogP contribution in [0.4, 0.5) is 10.1 Å². The number of benzene rings is 1. The van der Waals surface area contributed by atoms with E-state index in [1.807, 2.05) is 18.9 Å². The molecule has 11 nitrogen and oxygen atoms in total. The molecule has 0 amide bonds. The van der Waals surface area contributed by atoms with E-state index in [1.54, 1.807) is 12.3 Å². The molecule has 15 heteroatoms. The van der Waals surface area contributed by atoms with E-state index in [9.17, 15) is 17.6 Å². The highest BCUT2D eigenvalue weighted by atomic mass is 79.9. The Bertz CT molecular complexity index is 1400. The molecule has 1 aromatic carbocycles. The predicted octanol–water partition coefficient (Wildman–Crippen LogP) is 1.76. The molecule has 2 aromatic heterocycles. The molecule has 5 rings (SSSR count). The third-order valence-electron chi connectivity index (χ3n) is 6.45. The van der Waals surface area contributed by atoms with Crippen molar-refractivity contribution in [3.05, 3.63) is 22.2 Å². The van der Waals surface area contributed by atoms with Crippen molar-refractivity contribution in [2.45, 2.75) is 29.8 Å². The highest BCUT2D eigenvalue weighted by molar-refractivity contribution is 9.11. The van der Waals surface area contributed by atoms with Crippen LogP contribution in [0.5, 0.6) is 0 Å². The number of hydrogen-bond acceptors (Lipinski definition) is 10. The first-order valence-corrected chi connectivity index (χ1v) is 14.4. The predicted molar refractivity (Wildman–Crippen MR) is 136 cm³/mol. The second-order valence-electron chi connectivity index (χ2n) is 9.09. The summed E-state index contributed by atoms with van der Waals surface area (Å²) < 4.78 is 50.1. The van der Waals surface area contributed by atoms with Crippen LogP contribution in [0, 0.1) is 0 Å². The van der Waals surface area contributed by atoms with Crippen molar-refractivity contribution < 1.29 is 22.3 Å². The molecule has 0 saturated carbocycles. The normalized spacial score (nSPS) is 20.6. The minimum Gasteiger partial charge on any atom is -0.377 e. The molecule has 2 fully saturated rings. The monoisotopic (exact) mass is 601 g/mol. The number of hydrogen-bond donors (Lipinski definition) is 1. The number of nitrogens with zero attached hydrogens (tertiary/aromatic N) is 6. The molecule has 3 aromatic rings. The maximum atomic E-state index is 13.7. The van der Waals surface area contributed by atoms with Crippen LogP contribution in [-0.4, -0.2) is 97.2 Å². The van der Waals surface area contributed by atoms with Gasteiger partial charge in [0, 0.05) is 43.3 Å². The Balaban J connectivity index is 1.66. The van der Waals surface area contributed by atoms with E-state index in [-0.39, 0.29) is 23.9 Å². The number of aromatic nitrogens is 4. The van der Waals surface area contributed by atoms with E-state index in [2.05, 4.69) is 40.8 Å². The van der Waals surface area contributed by atoms with Gasteiger partial charge in [-0.15, -0.1) is 10.2 Å². The average Bonchev–Trinajstić information content (AvgIpc) is 3.46. The molecular formula is C21H25BrFN7O4S2. The van der Waals surface area contributed by atoms with Gasteiger partial charge in [0.25, 0.3) is 0 Å². The summed E-state index contributed by atoms with van der Waals surface area (Å²) in [6, 6.07) is 2.55. The van der Waals surface area contributed by atoms with Gasteiger partial charge >= 0.3 is 0 Å². The number of carbonyl (C=O) groups is 1. The van der Waals surface area contributed by atoms with Crippen LogP contribution in [-0.2, 0) is 19.6 Å². The molecule has 1 unspecified atom stereocenters. The second-order valence-corrected chi connectivity index (χ2v) is 13.0. The van der Waals surface area contributed by atoms with Crippen molar-refractivity contribution in [2.75, 3.05) is 51.5 Å². The lowest BCUT2D eigenvalue weighted by Gasteiger charge is -2.41. The number of ketones is 1. The number of Topliss-reactive ketones (excluding diaryl/α,β-unsaturated/α-hetero) is 1. The molecule has 194 valence electrons. The molecule has 2 aliphatic rings. The Hall–Kier alpha value is -2.04. The zero-order valence-corrected chi connectivity index (χ0v) is 22.9. The van der Waals surface area contributed by atoms with E-state index in [1.165, 1.54) is 22.1 Å². The molecule has 0 bridgehead atoms. The number of carbonyl (C=O) groups excluding carboxylic acids is 1. The third-order valence-corrected chi connectivity index (χ3v) is 9.35. The summed E-state index contributed by atoms with van der Waals surface area (Å²) >= 11 is 4.57. The number of sulfonamides is 1. The van der Waals surface area contributed by atoms with E-state index < -0.39 is 28.3 Å². The fourth-order valence-electron chi connectivity index (χ4n) is 4.44. The molecule has 1 N–H and O–H groups in total. The topological polar surface area (TPSA) is 123 Å². The average molecular weight is 603 g/mol. The zero-order valence-electron chi connectivity index (χ0n) is 19.6. The minimum atomic E-state index is -4.12. The molecule has 0 aliphatic carbocycles. The van der Waals surface area contributed by atoms with E-state index in [0.29, 0.717) is 51.7 Å². The molecular weight excluding hydrogens is 577 g/mol. The van der Waals surface area contributed by atoms with Crippen LogP contribution < -0.4 is 9.62 Å². The fourth-order valence-corrected chi connectivity index (χ4v) is 6.84. The summed E-state index contributed by atoms with van der Waals surface area (Å²) in [7, 11) is -2.17. The number of piperazine rings is 1. The maximum absolute atomic E-state index is 13.7. The SMILES string of the molecule is CCC(=O)C1CN(C)CCN1c1cc(S(=O)(=O)NC2(CF)COC2)cc2nn(-c3nnc(Br)s3)cc12. The van der Waals surface area contributed by atoms with Crippen molar-refractivity contribution in [3.63, 3.8) is 0 Å². The van der Waals surface area contributed by atoms with Crippen LogP contribution in [0.2, 0.25) is 0 Å². The van der Waals surface area contributed by atoms with Crippen molar-refractivity contribution in [1.82, 2.24) is 29.6 Å². The van der Waals surface area contributed by atoms with Crippen LogP contribution in [0.3, 0.4) is 0 Å². The van der Waals surface area contributed by atoms with Gasteiger partial charge in [-0.2, -0.15) is 9.82 Å². The van der Waals surface area contributed by atoms with Gasteiger partial charge in [-0.25, -0.2) is 17.5 Å². The number of nitrogens with one attached hydrogen (secondary N) is 1. The van der Waals surface area contributed by atoms with Crippen molar-refractivity contribution in [1.29, 1.82) is 0 Å². The van der Waals surface area contributed by atoms with Crippen LogP contribution in [0.15, 0.2) is 27.1 Å². The van der Waals surface area contributed by atoms with Gasteiger partial charge in [0.1, 0.15) is 18.3 Å². The quantitative estimate of drug-likeness (QED) is 0.411. The molecule has 2 saturated heterocycles. The molecule has 0 radical (unpaired) electrons. The number of halogens is 2. The Morgan fingerprint density at radius 3 is 2.72 bits per heavy atom. The molecule has 1 atom stereocenters. The maximum Gasteiger partial charge on any atom is 0.241 e. The summed E-state index contributed by atoms with van der Waals surface area (Å²) in [4.78, 5) is 16.9. The van der Waals surface area contributed by atoms with Gasteiger partial charge in [0.2, 0.25) is 15.2 Å². The standard InChI is InChI=1S/C21H25BrFN7O4S2/c1-3-18(31)17-9-28(2)4-5-29(17)16-7-13(36(32,33)27-21(10-23)11-34-12-21)6-15-14(16)8-30(26-15)20-25-24-19(22)35-20/h6-8,17,27H,3-5,9-12H2,1-2H3. The first kappa shape index (κ1) is 25.6. The summed E-state index contributed by atoms with van der Waals surface area (Å²) in [6.45, 7) is 2.60. The Morgan fingerprint density at radius 1 is 1.33 bits per heavy atom. The van der Waals surface area contributed by atoms with Gasteiger partial charge < -0.3 is 14.5 Å². The molecule has 2 aliphatic heterocycles. The van der Waals surface area contributed by atoms with Gasteiger partial charge in [-0.05, 0) is 35.1 Å². The summed E-state index contributed by atoms with van der Waals surface area (Å²) in [5, 5.41) is 13.8. The van der Waals surface area contributed by atoms with E-state index in [4.69, 9.17) is 4.74 Å². The number of ether oxygens (including phenoxy) is 1. The first-order chi connectivity index (χ1) is 17.1.